The molecule has 0 aromatic heterocycles. The minimum atomic E-state index is -9.15. The molecule has 0 fully saturated rings. The number of alkyl halides is 21. The smallest absolute Gasteiger partial charge is 0.200 e. The lowest BCUT2D eigenvalue weighted by atomic mass is 9.85. The van der Waals surface area contributed by atoms with Crippen molar-refractivity contribution >= 4 is 12.6 Å². The van der Waals surface area contributed by atoms with E-state index in [1.165, 1.54) is 0 Å². The zero-order valence-electron chi connectivity index (χ0n) is 15.7. The van der Waals surface area contributed by atoms with Crippen LogP contribution in [0, 0.1) is 0 Å². The fourth-order valence-electron chi connectivity index (χ4n) is 2.09. The molecular weight excluding hydrogens is 587 g/mol. The Morgan fingerprint density at radius 3 is 0.800 bits per heavy atom. The van der Waals surface area contributed by atoms with Gasteiger partial charge in [0.25, 0.3) is 0 Å². The fraction of sp³-hybridized carbons (Fsp3) is 1.00. The highest BCUT2D eigenvalue weighted by molar-refractivity contribution is 7.80. The van der Waals surface area contributed by atoms with Gasteiger partial charge in [-0.15, -0.1) is 0 Å². The van der Waals surface area contributed by atoms with Gasteiger partial charge in [0.1, 0.15) is 0 Å². The molecule has 0 bridgehead atoms. The van der Waals surface area contributed by atoms with E-state index < -0.39 is 71.1 Å². The largest absolute Gasteiger partial charge is 0.460 e. The minimum absolute atomic E-state index is 0.385. The number of hydrogen-bond donors (Lipinski definition) is 1. The fourth-order valence-corrected chi connectivity index (χ4v) is 2.32. The van der Waals surface area contributed by atoms with Gasteiger partial charge in [-0.25, -0.2) is 0 Å². The van der Waals surface area contributed by atoms with Gasteiger partial charge in [-0.1, -0.05) is 6.92 Å². The molecule has 0 aliphatic heterocycles. The summed E-state index contributed by atoms with van der Waals surface area (Å²) in [6.45, 7) is 0.385. The van der Waals surface area contributed by atoms with Gasteiger partial charge in [0, 0.05) is 11.7 Å². The maximum absolute atomic E-state index is 13.5. The van der Waals surface area contributed by atoms with Crippen LogP contribution in [0.3, 0.4) is 0 Å². The van der Waals surface area contributed by atoms with Crippen molar-refractivity contribution in [2.75, 3.05) is 0 Å². The number of rotatable bonds is 10. The summed E-state index contributed by atoms with van der Waals surface area (Å²) in [7, 11) is 0. The molecule has 0 nitrogen and oxygen atoms in total. The molecule has 0 rings (SSSR count). The van der Waals surface area contributed by atoms with E-state index in [1.54, 1.807) is 0 Å². The number of thiol groups is 1. The van der Waals surface area contributed by atoms with Gasteiger partial charge < -0.3 is 0 Å². The van der Waals surface area contributed by atoms with Crippen LogP contribution in [0.25, 0.3) is 0 Å². The molecule has 0 radical (unpaired) electrons. The Kier molecular flexibility index (Phi) is 8.18. The van der Waals surface area contributed by atoms with E-state index in [0.717, 1.165) is 0 Å². The Morgan fingerprint density at radius 2 is 0.600 bits per heavy atom. The van der Waals surface area contributed by atoms with Crippen molar-refractivity contribution in [1.29, 1.82) is 0 Å². The van der Waals surface area contributed by atoms with Crippen LogP contribution in [0.1, 0.15) is 13.3 Å². The van der Waals surface area contributed by atoms with E-state index in [9.17, 15) is 92.2 Å². The highest BCUT2D eigenvalue weighted by Gasteiger charge is 2.97. The highest BCUT2D eigenvalue weighted by Crippen LogP contribution is 2.66. The molecule has 22 heteroatoms. The Labute approximate surface area is 184 Å². The van der Waals surface area contributed by atoms with Gasteiger partial charge in [-0.3, -0.25) is 0 Å². The molecule has 0 amide bonds. The zero-order valence-corrected chi connectivity index (χ0v) is 16.6. The van der Waals surface area contributed by atoms with E-state index in [4.69, 9.17) is 0 Å². The van der Waals surface area contributed by atoms with Crippen molar-refractivity contribution in [3.63, 3.8) is 0 Å². The van der Waals surface area contributed by atoms with Crippen LogP contribution in [0.4, 0.5) is 92.2 Å². The molecule has 0 aliphatic rings. The van der Waals surface area contributed by atoms with Crippen LogP contribution in [-0.2, 0) is 0 Å². The van der Waals surface area contributed by atoms with Crippen LogP contribution < -0.4 is 0 Å². The molecule has 0 aromatic carbocycles. The Morgan fingerprint density at radius 1 is 0.400 bits per heavy atom. The van der Waals surface area contributed by atoms with Gasteiger partial charge in [0.2, 0.25) is 0 Å². The minimum Gasteiger partial charge on any atom is -0.200 e. The van der Waals surface area contributed by atoms with E-state index >= 15 is 0 Å². The molecule has 0 heterocycles. The van der Waals surface area contributed by atoms with Gasteiger partial charge in [0.05, 0.1) is 0 Å². The molecule has 0 saturated heterocycles. The second-order valence-electron chi connectivity index (χ2n) is 6.85. The molecule has 1 unspecified atom stereocenters. The molecule has 0 saturated carbocycles. The molecule has 1 atom stereocenters. The van der Waals surface area contributed by atoms with Gasteiger partial charge in [-0.2, -0.15) is 105 Å². The summed E-state index contributed by atoms with van der Waals surface area (Å²) >= 11 is 2.95. The third kappa shape index (κ3) is 4.35. The van der Waals surface area contributed by atoms with E-state index in [2.05, 4.69) is 12.6 Å². The first-order valence-corrected chi connectivity index (χ1v) is 8.33. The summed E-state index contributed by atoms with van der Waals surface area (Å²) in [5.74, 6) is -76.5. The Bertz CT molecular complexity index is 760. The summed E-state index contributed by atoms with van der Waals surface area (Å²) in [4.78, 5) is 0. The molecule has 0 N–H and O–H groups in total. The van der Waals surface area contributed by atoms with E-state index in [0.29, 0.717) is 6.92 Å². The average molecular weight is 594 g/mol. The summed E-state index contributed by atoms with van der Waals surface area (Å²) in [6.07, 6.45) is -10.7. The summed E-state index contributed by atoms with van der Waals surface area (Å²) in [5, 5.41) is -2.16. The van der Waals surface area contributed by atoms with Crippen molar-refractivity contribution < 1.29 is 92.2 Å². The lowest BCUT2D eigenvalue weighted by molar-refractivity contribution is -0.474. The maximum Gasteiger partial charge on any atom is 0.460 e. The summed E-state index contributed by atoms with van der Waals surface area (Å²) < 4.78 is 275. The van der Waals surface area contributed by atoms with Crippen LogP contribution in [0.2, 0.25) is 0 Å². The zero-order chi connectivity index (χ0) is 29.3. The van der Waals surface area contributed by atoms with Crippen LogP contribution >= 0.6 is 12.6 Å². The molecular formula is C13H7F21S. The monoisotopic (exact) mass is 594 g/mol. The van der Waals surface area contributed by atoms with Gasteiger partial charge >= 0.3 is 59.5 Å². The standard InChI is InChI=1S/C13H7F21S/c1-3(35)2-4(14,15)5(16,17)6(18,19)7(20,21)8(22,23)9(24,25)10(26,27)11(28,29)12(30,31)13(32,33)34/h3,35H,2H2,1H3. The Balaban J connectivity index is 7.03. The average Bonchev–Trinajstić information content (AvgIpc) is 2.58. The molecule has 35 heavy (non-hydrogen) atoms. The summed E-state index contributed by atoms with van der Waals surface area (Å²) in [6, 6.07) is 0. The van der Waals surface area contributed by atoms with Crippen LogP contribution in [0.15, 0.2) is 0 Å². The third-order valence-corrected chi connectivity index (χ3v) is 4.31. The molecule has 0 aromatic rings. The number of hydrogen-bond acceptors (Lipinski definition) is 1. The third-order valence-electron chi connectivity index (χ3n) is 4.13. The van der Waals surface area contributed by atoms with Crippen molar-refractivity contribution in [2.24, 2.45) is 0 Å². The summed E-state index contributed by atoms with van der Waals surface area (Å²) in [5.41, 5.74) is 0. The lowest BCUT2D eigenvalue weighted by Gasteiger charge is -2.44. The van der Waals surface area contributed by atoms with Crippen molar-refractivity contribution in [1.82, 2.24) is 0 Å². The van der Waals surface area contributed by atoms with E-state index in [-0.39, 0.29) is 0 Å². The Hall–Kier alpha value is -1.12. The molecule has 0 aliphatic carbocycles. The second kappa shape index (κ2) is 8.45. The van der Waals surface area contributed by atoms with E-state index in [1.807, 2.05) is 0 Å². The molecule has 212 valence electrons. The topological polar surface area (TPSA) is 0 Å². The first-order valence-electron chi connectivity index (χ1n) is 7.82. The van der Waals surface area contributed by atoms with Crippen LogP contribution in [0.5, 0.6) is 0 Å². The number of halogens is 21. The molecule has 0 spiro atoms. The van der Waals surface area contributed by atoms with Crippen molar-refractivity contribution in [3.05, 3.63) is 0 Å². The quantitative estimate of drug-likeness (QED) is 0.193. The highest BCUT2D eigenvalue weighted by atomic mass is 32.1. The SMILES string of the molecule is CC(S)CC(F)(F)C(F)(F)C(F)(F)C(F)(F)C(F)(F)C(F)(F)C(F)(F)C(F)(F)C(F)(F)C(F)(F)F. The first kappa shape index (κ1) is 33.9. The van der Waals surface area contributed by atoms with Gasteiger partial charge in [-0.05, 0) is 0 Å². The lowest BCUT2D eigenvalue weighted by Crippen LogP contribution is -2.76. The maximum atomic E-state index is 13.5. The van der Waals surface area contributed by atoms with Gasteiger partial charge in [0.15, 0.2) is 0 Å². The normalized spacial score (nSPS) is 17.6. The second-order valence-corrected chi connectivity index (χ2v) is 7.73. The van der Waals surface area contributed by atoms with Crippen molar-refractivity contribution in [3.8, 4) is 0 Å². The first-order chi connectivity index (χ1) is 14.7. The predicted octanol–water partition coefficient (Wildman–Crippen LogP) is 7.97. The predicted molar refractivity (Wildman–Crippen MR) is 73.6 cm³/mol. The van der Waals surface area contributed by atoms with Crippen LogP contribution in [-0.4, -0.2) is 64.7 Å². The van der Waals surface area contributed by atoms with Crippen molar-refractivity contribution in [2.45, 2.75) is 78.1 Å².